The van der Waals surface area contributed by atoms with Gasteiger partial charge >= 0.3 is 0 Å². The summed E-state index contributed by atoms with van der Waals surface area (Å²) in [4.78, 5) is 4.55. The first-order valence-electron chi connectivity index (χ1n) is 5.02. The van der Waals surface area contributed by atoms with E-state index in [-0.39, 0.29) is 5.41 Å². The predicted molar refractivity (Wildman–Crippen MR) is 57.2 cm³/mol. The highest BCUT2D eigenvalue weighted by Crippen LogP contribution is 2.47. The zero-order chi connectivity index (χ0) is 10.2. The molecule has 3 heteroatoms. The van der Waals surface area contributed by atoms with Gasteiger partial charge in [0, 0.05) is 11.8 Å². The molecule has 0 unspecified atom stereocenters. The van der Waals surface area contributed by atoms with Crippen molar-refractivity contribution >= 4 is 11.3 Å². The van der Waals surface area contributed by atoms with Crippen LogP contribution in [-0.2, 0) is 11.8 Å². The van der Waals surface area contributed by atoms with Crippen LogP contribution >= 0.6 is 11.3 Å². The van der Waals surface area contributed by atoms with Gasteiger partial charge in [-0.1, -0.05) is 13.8 Å². The Kier molecular flexibility index (Phi) is 2.32. The summed E-state index contributed by atoms with van der Waals surface area (Å²) in [5, 5.41) is 12.3. The second-order valence-corrected chi connectivity index (χ2v) is 5.36. The monoisotopic (exact) mass is 206 g/mol. The summed E-state index contributed by atoms with van der Waals surface area (Å²) in [6.07, 6.45) is 3.02. The van der Waals surface area contributed by atoms with Crippen LogP contribution in [-0.4, -0.2) is 4.98 Å². The summed E-state index contributed by atoms with van der Waals surface area (Å²) in [7, 11) is 0. The second kappa shape index (κ2) is 3.36. The smallest absolute Gasteiger partial charge is 0.100 e. The topological polar surface area (TPSA) is 36.7 Å². The van der Waals surface area contributed by atoms with Crippen molar-refractivity contribution in [2.24, 2.45) is 5.92 Å². The van der Waals surface area contributed by atoms with Crippen molar-refractivity contribution < 1.29 is 0 Å². The Morgan fingerprint density at radius 2 is 2.36 bits per heavy atom. The van der Waals surface area contributed by atoms with E-state index in [1.165, 1.54) is 5.01 Å². The van der Waals surface area contributed by atoms with E-state index >= 15 is 0 Å². The first kappa shape index (κ1) is 9.67. The Bertz CT molecular complexity index is 369. The number of rotatable bonds is 3. The zero-order valence-electron chi connectivity index (χ0n) is 8.58. The summed E-state index contributed by atoms with van der Waals surface area (Å²) in [6, 6.07) is 2.38. The average molecular weight is 206 g/mol. The maximum atomic E-state index is 9.02. The van der Waals surface area contributed by atoms with Gasteiger partial charge in [0.15, 0.2) is 0 Å². The molecule has 1 aromatic rings. The van der Waals surface area contributed by atoms with E-state index in [1.807, 2.05) is 0 Å². The van der Waals surface area contributed by atoms with Crippen LogP contribution in [0.1, 0.15) is 37.4 Å². The zero-order valence-corrected chi connectivity index (χ0v) is 9.40. The molecule has 74 valence electrons. The number of thiazole rings is 1. The number of aromatic nitrogens is 1. The fraction of sp³-hybridized carbons (Fsp3) is 0.636. The molecule has 0 saturated heterocycles. The van der Waals surface area contributed by atoms with Crippen molar-refractivity contribution in [1.29, 1.82) is 5.26 Å². The molecule has 1 aromatic heterocycles. The molecule has 2 rings (SSSR count). The molecule has 0 bridgehead atoms. The molecular weight excluding hydrogens is 192 g/mol. The number of hydrogen-bond acceptors (Lipinski definition) is 3. The van der Waals surface area contributed by atoms with Gasteiger partial charge in [-0.25, -0.2) is 4.98 Å². The normalized spacial score (nSPS) is 18.1. The summed E-state index contributed by atoms with van der Waals surface area (Å²) in [5.74, 6) is 0.645. The maximum Gasteiger partial charge on any atom is 0.100 e. The van der Waals surface area contributed by atoms with Crippen LogP contribution in [0.4, 0.5) is 0 Å². The third-order valence-electron chi connectivity index (χ3n) is 2.59. The minimum Gasteiger partial charge on any atom is -0.245 e. The first-order valence-corrected chi connectivity index (χ1v) is 5.90. The lowest BCUT2D eigenvalue weighted by Crippen LogP contribution is -2.03. The maximum absolute atomic E-state index is 9.02. The van der Waals surface area contributed by atoms with E-state index in [9.17, 15) is 0 Å². The summed E-state index contributed by atoms with van der Waals surface area (Å²) in [6.45, 7) is 4.39. The quantitative estimate of drug-likeness (QED) is 0.762. The van der Waals surface area contributed by atoms with E-state index in [4.69, 9.17) is 5.26 Å². The molecule has 0 aromatic carbocycles. The van der Waals surface area contributed by atoms with Crippen molar-refractivity contribution in [3.05, 3.63) is 16.1 Å². The molecule has 1 heterocycles. The molecule has 14 heavy (non-hydrogen) atoms. The molecule has 0 aliphatic heterocycles. The number of nitrogens with zero attached hydrogens (tertiary/aromatic N) is 2. The van der Waals surface area contributed by atoms with E-state index in [2.05, 4.69) is 30.3 Å². The number of nitriles is 1. The van der Waals surface area contributed by atoms with E-state index in [0.717, 1.165) is 25.0 Å². The minimum atomic E-state index is -0.203. The van der Waals surface area contributed by atoms with Crippen LogP contribution in [0.25, 0.3) is 0 Å². The molecule has 0 spiro atoms. The van der Waals surface area contributed by atoms with Gasteiger partial charge < -0.3 is 0 Å². The molecular formula is C11H14N2S. The SMILES string of the molecule is CC(C)Cc1nc(C2(C#N)CC2)cs1. The van der Waals surface area contributed by atoms with Gasteiger partial charge in [0.2, 0.25) is 0 Å². The molecule has 2 nitrogen and oxygen atoms in total. The van der Waals surface area contributed by atoms with Crippen LogP contribution in [0.5, 0.6) is 0 Å². The van der Waals surface area contributed by atoms with Crippen molar-refractivity contribution in [3.8, 4) is 6.07 Å². The lowest BCUT2D eigenvalue weighted by molar-refractivity contribution is 0.641. The third-order valence-corrected chi connectivity index (χ3v) is 3.46. The predicted octanol–water partition coefficient (Wildman–Crippen LogP) is 2.90. The highest BCUT2D eigenvalue weighted by Gasteiger charge is 2.46. The van der Waals surface area contributed by atoms with Crippen LogP contribution in [0.3, 0.4) is 0 Å². The van der Waals surface area contributed by atoms with Crippen LogP contribution in [0.15, 0.2) is 5.38 Å². The lowest BCUT2D eigenvalue weighted by Gasteiger charge is -2.00. The van der Waals surface area contributed by atoms with Crippen LogP contribution < -0.4 is 0 Å². The van der Waals surface area contributed by atoms with Crippen molar-refractivity contribution in [2.75, 3.05) is 0 Å². The van der Waals surface area contributed by atoms with Crippen molar-refractivity contribution in [3.63, 3.8) is 0 Å². The lowest BCUT2D eigenvalue weighted by atomic mass is 10.1. The largest absolute Gasteiger partial charge is 0.245 e. The van der Waals surface area contributed by atoms with Gasteiger partial charge in [-0.05, 0) is 18.8 Å². The van der Waals surface area contributed by atoms with Gasteiger partial charge in [0.25, 0.3) is 0 Å². The Balaban J connectivity index is 2.15. The standard InChI is InChI=1S/C11H14N2S/c1-8(2)5-10-13-9(6-14-10)11(7-12)3-4-11/h6,8H,3-5H2,1-2H3. The van der Waals surface area contributed by atoms with Crippen molar-refractivity contribution in [1.82, 2.24) is 4.98 Å². The fourth-order valence-corrected chi connectivity index (χ4v) is 2.63. The molecule has 1 aliphatic carbocycles. The molecule has 0 amide bonds. The third kappa shape index (κ3) is 1.67. The highest BCUT2D eigenvalue weighted by molar-refractivity contribution is 7.09. The van der Waals surface area contributed by atoms with Crippen LogP contribution in [0.2, 0.25) is 0 Å². The van der Waals surface area contributed by atoms with Crippen LogP contribution in [0, 0.1) is 17.2 Å². The van der Waals surface area contributed by atoms with Gasteiger partial charge in [-0.3, -0.25) is 0 Å². The Morgan fingerprint density at radius 3 is 2.86 bits per heavy atom. The van der Waals surface area contributed by atoms with Gasteiger partial charge in [0.05, 0.1) is 16.8 Å². The molecule has 1 saturated carbocycles. The summed E-state index contributed by atoms with van der Waals surface area (Å²) >= 11 is 1.70. The molecule has 0 N–H and O–H groups in total. The van der Waals surface area contributed by atoms with E-state index < -0.39 is 0 Å². The minimum absolute atomic E-state index is 0.203. The first-order chi connectivity index (χ1) is 6.66. The summed E-state index contributed by atoms with van der Waals surface area (Å²) < 4.78 is 0. The average Bonchev–Trinajstić information content (AvgIpc) is 2.81. The van der Waals surface area contributed by atoms with E-state index in [0.29, 0.717) is 5.92 Å². The number of hydrogen-bond donors (Lipinski definition) is 0. The molecule has 1 fully saturated rings. The van der Waals surface area contributed by atoms with Gasteiger partial charge in [0.1, 0.15) is 5.41 Å². The molecule has 0 radical (unpaired) electrons. The van der Waals surface area contributed by atoms with E-state index in [1.54, 1.807) is 11.3 Å². The van der Waals surface area contributed by atoms with Gasteiger partial charge in [-0.15, -0.1) is 11.3 Å². The summed E-state index contributed by atoms with van der Waals surface area (Å²) in [5.41, 5.74) is 0.812. The fourth-order valence-electron chi connectivity index (χ4n) is 1.52. The Hall–Kier alpha value is -0.880. The van der Waals surface area contributed by atoms with Crippen molar-refractivity contribution in [2.45, 2.75) is 38.5 Å². The Labute approximate surface area is 88.6 Å². The second-order valence-electron chi connectivity index (χ2n) is 4.42. The molecule has 0 atom stereocenters. The molecule has 1 aliphatic rings. The Morgan fingerprint density at radius 1 is 1.64 bits per heavy atom. The van der Waals surface area contributed by atoms with Gasteiger partial charge in [-0.2, -0.15) is 5.26 Å². The highest BCUT2D eigenvalue weighted by atomic mass is 32.1.